The predicted molar refractivity (Wildman–Crippen MR) is 69.8 cm³/mol. The van der Waals surface area contributed by atoms with Crippen LogP contribution in [-0.4, -0.2) is 31.1 Å². The minimum atomic E-state index is -0.170. The van der Waals surface area contributed by atoms with Gasteiger partial charge in [0.1, 0.15) is 5.82 Å². The summed E-state index contributed by atoms with van der Waals surface area (Å²) in [4.78, 5) is 2.39. The highest BCUT2D eigenvalue weighted by Gasteiger charge is 2.18. The molecule has 1 aliphatic carbocycles. The van der Waals surface area contributed by atoms with Crippen LogP contribution in [0, 0.1) is 5.82 Å². The maximum Gasteiger partial charge on any atom is 0.146 e. The van der Waals surface area contributed by atoms with Gasteiger partial charge in [0.2, 0.25) is 0 Å². The number of anilines is 1. The van der Waals surface area contributed by atoms with Crippen LogP contribution in [0.3, 0.4) is 0 Å². The van der Waals surface area contributed by atoms with E-state index in [1.807, 2.05) is 6.07 Å². The molecule has 3 heteroatoms. The summed E-state index contributed by atoms with van der Waals surface area (Å²) in [6.45, 7) is 1.77. The van der Waals surface area contributed by atoms with Crippen molar-refractivity contribution in [1.29, 1.82) is 0 Å². The van der Waals surface area contributed by atoms with E-state index >= 15 is 0 Å². The third kappa shape index (κ3) is 3.43. The number of nitrogens with one attached hydrogen (secondary N) is 1. The van der Waals surface area contributed by atoms with E-state index in [4.69, 9.17) is 0 Å². The van der Waals surface area contributed by atoms with E-state index in [-0.39, 0.29) is 5.82 Å². The van der Waals surface area contributed by atoms with Crippen molar-refractivity contribution in [2.75, 3.05) is 25.5 Å². The molecule has 1 aliphatic rings. The van der Waals surface area contributed by atoms with Crippen LogP contribution in [0.15, 0.2) is 24.3 Å². The number of para-hydroxylation sites is 1. The zero-order valence-electron chi connectivity index (χ0n) is 10.5. The van der Waals surface area contributed by atoms with E-state index < -0.39 is 0 Å². The lowest BCUT2D eigenvalue weighted by Crippen LogP contribution is -2.33. The van der Waals surface area contributed by atoms with Crippen molar-refractivity contribution in [2.24, 2.45) is 0 Å². The molecule has 0 atom stereocenters. The van der Waals surface area contributed by atoms with Crippen molar-refractivity contribution >= 4 is 5.69 Å². The van der Waals surface area contributed by atoms with Crippen LogP contribution in [-0.2, 0) is 0 Å². The highest BCUT2D eigenvalue weighted by atomic mass is 19.1. The quantitative estimate of drug-likeness (QED) is 0.845. The average Bonchev–Trinajstić information content (AvgIpc) is 2.85. The highest BCUT2D eigenvalue weighted by Crippen LogP contribution is 2.22. The topological polar surface area (TPSA) is 15.3 Å². The number of rotatable bonds is 5. The van der Waals surface area contributed by atoms with Crippen LogP contribution < -0.4 is 5.32 Å². The Hall–Kier alpha value is -1.09. The first-order valence-corrected chi connectivity index (χ1v) is 6.46. The molecule has 0 bridgehead atoms. The van der Waals surface area contributed by atoms with Crippen LogP contribution in [0.4, 0.5) is 10.1 Å². The smallest absolute Gasteiger partial charge is 0.146 e. The predicted octanol–water partition coefficient (Wildman–Crippen LogP) is 3.11. The van der Waals surface area contributed by atoms with E-state index in [1.54, 1.807) is 12.1 Å². The summed E-state index contributed by atoms with van der Waals surface area (Å²) in [5, 5.41) is 3.15. The molecular weight excluding hydrogens is 215 g/mol. The number of hydrogen-bond donors (Lipinski definition) is 1. The molecule has 0 aromatic heterocycles. The largest absolute Gasteiger partial charge is 0.381 e. The second-order valence-corrected chi connectivity index (χ2v) is 4.83. The second-order valence-electron chi connectivity index (χ2n) is 4.83. The Balaban J connectivity index is 1.74. The van der Waals surface area contributed by atoms with Gasteiger partial charge in [-0.05, 0) is 32.0 Å². The number of likely N-dealkylation sites (N-methyl/N-ethyl adjacent to an activating group) is 1. The summed E-state index contributed by atoms with van der Waals surface area (Å²) in [6, 6.07) is 7.57. The lowest BCUT2D eigenvalue weighted by molar-refractivity contribution is 0.254. The third-order valence-corrected chi connectivity index (χ3v) is 3.60. The van der Waals surface area contributed by atoms with Gasteiger partial charge in [0.25, 0.3) is 0 Å². The van der Waals surface area contributed by atoms with Gasteiger partial charge in [0, 0.05) is 19.1 Å². The molecule has 1 aromatic carbocycles. The number of nitrogens with zero attached hydrogens (tertiary/aromatic N) is 1. The summed E-state index contributed by atoms with van der Waals surface area (Å²) in [6.07, 6.45) is 5.35. The normalized spacial score (nSPS) is 16.6. The maximum absolute atomic E-state index is 13.3. The van der Waals surface area contributed by atoms with E-state index in [2.05, 4.69) is 17.3 Å². The first-order valence-electron chi connectivity index (χ1n) is 6.46. The van der Waals surface area contributed by atoms with Crippen molar-refractivity contribution in [3.63, 3.8) is 0 Å². The van der Waals surface area contributed by atoms with Gasteiger partial charge in [-0.3, -0.25) is 0 Å². The summed E-state index contributed by atoms with van der Waals surface area (Å²) in [5.41, 5.74) is 0.604. The Kier molecular flexibility index (Phi) is 4.37. The lowest BCUT2D eigenvalue weighted by Gasteiger charge is -2.24. The van der Waals surface area contributed by atoms with Crippen LogP contribution in [0.25, 0.3) is 0 Å². The summed E-state index contributed by atoms with van der Waals surface area (Å²) in [5.74, 6) is -0.170. The molecule has 1 N–H and O–H groups in total. The fourth-order valence-electron chi connectivity index (χ4n) is 2.50. The third-order valence-electron chi connectivity index (χ3n) is 3.60. The molecule has 0 radical (unpaired) electrons. The van der Waals surface area contributed by atoms with Crippen LogP contribution in [0.1, 0.15) is 25.7 Å². The molecule has 2 nitrogen and oxygen atoms in total. The van der Waals surface area contributed by atoms with Gasteiger partial charge in [-0.1, -0.05) is 25.0 Å². The van der Waals surface area contributed by atoms with Gasteiger partial charge in [0.15, 0.2) is 0 Å². The monoisotopic (exact) mass is 236 g/mol. The molecule has 1 aromatic rings. The SMILES string of the molecule is CN(CCNc1ccccc1F)C1CCCC1. The molecule has 0 saturated heterocycles. The van der Waals surface area contributed by atoms with Gasteiger partial charge in [-0.15, -0.1) is 0 Å². The van der Waals surface area contributed by atoms with Gasteiger partial charge < -0.3 is 10.2 Å². The van der Waals surface area contributed by atoms with E-state index in [1.165, 1.54) is 31.7 Å². The maximum atomic E-state index is 13.3. The Labute approximate surface area is 103 Å². The van der Waals surface area contributed by atoms with Crippen molar-refractivity contribution < 1.29 is 4.39 Å². The summed E-state index contributed by atoms with van der Waals surface area (Å²) >= 11 is 0. The number of hydrogen-bond acceptors (Lipinski definition) is 2. The standard InChI is InChI=1S/C14H21FN2/c1-17(12-6-2-3-7-12)11-10-16-14-9-5-4-8-13(14)15/h4-5,8-9,12,16H,2-3,6-7,10-11H2,1H3. The average molecular weight is 236 g/mol. The van der Waals surface area contributed by atoms with Crippen molar-refractivity contribution in [1.82, 2.24) is 4.90 Å². The highest BCUT2D eigenvalue weighted by molar-refractivity contribution is 5.44. The lowest BCUT2D eigenvalue weighted by atomic mass is 10.2. The Morgan fingerprint density at radius 3 is 2.71 bits per heavy atom. The molecule has 0 amide bonds. The van der Waals surface area contributed by atoms with Crippen LogP contribution in [0.5, 0.6) is 0 Å². The van der Waals surface area contributed by atoms with Crippen molar-refractivity contribution in [2.45, 2.75) is 31.7 Å². The van der Waals surface area contributed by atoms with Gasteiger partial charge in [-0.25, -0.2) is 4.39 Å². The Morgan fingerprint density at radius 2 is 2.00 bits per heavy atom. The summed E-state index contributed by atoms with van der Waals surface area (Å²) < 4.78 is 13.3. The van der Waals surface area contributed by atoms with E-state index in [9.17, 15) is 4.39 Å². The molecule has 1 fully saturated rings. The molecule has 2 rings (SSSR count). The molecule has 1 saturated carbocycles. The van der Waals surface area contributed by atoms with E-state index in [0.717, 1.165) is 19.1 Å². The Morgan fingerprint density at radius 1 is 1.29 bits per heavy atom. The van der Waals surface area contributed by atoms with E-state index in [0.29, 0.717) is 5.69 Å². The minimum Gasteiger partial charge on any atom is -0.381 e. The van der Waals surface area contributed by atoms with Gasteiger partial charge in [0.05, 0.1) is 5.69 Å². The molecular formula is C14H21FN2. The van der Waals surface area contributed by atoms with Crippen molar-refractivity contribution in [3.8, 4) is 0 Å². The Bertz CT molecular complexity index is 348. The number of benzene rings is 1. The number of halogens is 1. The van der Waals surface area contributed by atoms with Gasteiger partial charge >= 0.3 is 0 Å². The van der Waals surface area contributed by atoms with Gasteiger partial charge in [-0.2, -0.15) is 0 Å². The minimum absolute atomic E-state index is 0.170. The zero-order valence-corrected chi connectivity index (χ0v) is 10.5. The fraction of sp³-hybridized carbons (Fsp3) is 0.571. The first-order chi connectivity index (χ1) is 8.27. The summed E-state index contributed by atoms with van der Waals surface area (Å²) in [7, 11) is 2.17. The molecule has 17 heavy (non-hydrogen) atoms. The first kappa shape index (κ1) is 12.4. The molecule has 0 spiro atoms. The molecule has 0 unspecified atom stereocenters. The molecule has 0 heterocycles. The van der Waals surface area contributed by atoms with Crippen LogP contribution in [0.2, 0.25) is 0 Å². The molecule has 0 aliphatic heterocycles. The van der Waals surface area contributed by atoms with Crippen LogP contribution >= 0.6 is 0 Å². The molecule has 94 valence electrons. The zero-order chi connectivity index (χ0) is 12.1. The second kappa shape index (κ2) is 6.01. The van der Waals surface area contributed by atoms with Crippen molar-refractivity contribution in [3.05, 3.63) is 30.1 Å². The fourth-order valence-corrected chi connectivity index (χ4v) is 2.50.